The highest BCUT2D eigenvalue weighted by molar-refractivity contribution is 5.22. The Kier molecular flexibility index (Phi) is 1.31. The number of anilines is 1. The summed E-state index contributed by atoms with van der Waals surface area (Å²) in [5, 5.41) is 0. The summed E-state index contributed by atoms with van der Waals surface area (Å²) in [4.78, 5) is 2.87. The maximum absolute atomic E-state index is 11.6. The largest absolute Gasteiger partial charge is 0.469 e. The van der Waals surface area contributed by atoms with Gasteiger partial charge in [0.15, 0.2) is 5.82 Å². The first-order valence-corrected chi connectivity index (χ1v) is 2.28. The van der Waals surface area contributed by atoms with E-state index in [9.17, 15) is 13.2 Å². The van der Waals surface area contributed by atoms with Gasteiger partial charge in [0.1, 0.15) is 6.26 Å². The first-order chi connectivity index (χ1) is 4.50. The number of oxazole rings is 1. The maximum Gasteiger partial charge on any atom is 0.469 e. The molecule has 0 unspecified atom stereocenters. The molecule has 0 amide bonds. The molecule has 0 aliphatic carbocycles. The van der Waals surface area contributed by atoms with Gasteiger partial charge in [-0.2, -0.15) is 18.2 Å². The molecule has 56 valence electrons. The SMILES string of the molecule is Nc1coc(C(F)(F)F)n1. The zero-order valence-electron chi connectivity index (χ0n) is 4.64. The number of nitrogen functional groups attached to an aromatic ring is 1. The molecule has 1 aromatic rings. The topological polar surface area (TPSA) is 52.0 Å². The molecule has 2 N–H and O–H groups in total. The van der Waals surface area contributed by atoms with Crippen molar-refractivity contribution in [1.82, 2.24) is 4.98 Å². The van der Waals surface area contributed by atoms with Gasteiger partial charge < -0.3 is 10.2 Å². The van der Waals surface area contributed by atoms with Crippen LogP contribution in [0.15, 0.2) is 10.7 Å². The summed E-state index contributed by atoms with van der Waals surface area (Å²) in [6.45, 7) is 0. The molecule has 0 bridgehead atoms. The Hall–Kier alpha value is -1.20. The predicted molar refractivity (Wildman–Crippen MR) is 25.9 cm³/mol. The standard InChI is InChI=1S/C4H3F3N2O/c5-4(6,7)3-9-2(8)1-10-3/h1H,8H2. The Balaban J connectivity index is 2.96. The lowest BCUT2D eigenvalue weighted by Gasteiger charge is -1.96. The number of alkyl halides is 3. The molecular formula is C4H3F3N2O. The van der Waals surface area contributed by atoms with Crippen molar-refractivity contribution in [3.05, 3.63) is 12.2 Å². The molecule has 0 aliphatic heterocycles. The Morgan fingerprint density at radius 2 is 2.10 bits per heavy atom. The molecule has 6 heteroatoms. The minimum atomic E-state index is -4.54. The van der Waals surface area contributed by atoms with Crippen LogP contribution in [0, 0.1) is 0 Å². The van der Waals surface area contributed by atoms with Gasteiger partial charge >= 0.3 is 12.1 Å². The molecule has 1 rings (SSSR count). The number of hydrogen-bond donors (Lipinski definition) is 1. The summed E-state index contributed by atoms with van der Waals surface area (Å²) < 4.78 is 38.7. The number of nitrogens with two attached hydrogens (primary N) is 1. The number of rotatable bonds is 0. The van der Waals surface area contributed by atoms with Crippen LogP contribution in [0.3, 0.4) is 0 Å². The summed E-state index contributed by atoms with van der Waals surface area (Å²) in [5.41, 5.74) is 4.87. The third kappa shape index (κ3) is 1.20. The molecule has 0 aliphatic rings. The van der Waals surface area contributed by atoms with E-state index >= 15 is 0 Å². The van der Waals surface area contributed by atoms with Crippen LogP contribution in [-0.4, -0.2) is 4.98 Å². The third-order valence-corrected chi connectivity index (χ3v) is 0.764. The van der Waals surface area contributed by atoms with Crippen molar-refractivity contribution < 1.29 is 17.6 Å². The van der Waals surface area contributed by atoms with Crippen LogP contribution in [0.4, 0.5) is 19.0 Å². The monoisotopic (exact) mass is 152 g/mol. The molecule has 0 spiro atoms. The van der Waals surface area contributed by atoms with E-state index in [4.69, 9.17) is 5.73 Å². The molecule has 3 nitrogen and oxygen atoms in total. The van der Waals surface area contributed by atoms with Crippen LogP contribution in [-0.2, 0) is 6.18 Å². The average molecular weight is 152 g/mol. The number of aromatic nitrogens is 1. The van der Waals surface area contributed by atoms with E-state index in [2.05, 4.69) is 9.40 Å². The average Bonchev–Trinajstić information content (AvgIpc) is 2.11. The molecule has 0 fully saturated rings. The second-order valence-electron chi connectivity index (χ2n) is 1.58. The molecule has 0 radical (unpaired) electrons. The van der Waals surface area contributed by atoms with E-state index in [0.717, 1.165) is 6.26 Å². The molecule has 0 saturated carbocycles. The first-order valence-electron chi connectivity index (χ1n) is 2.28. The van der Waals surface area contributed by atoms with Crippen molar-refractivity contribution in [2.75, 3.05) is 5.73 Å². The van der Waals surface area contributed by atoms with Gasteiger partial charge in [-0.1, -0.05) is 0 Å². The molecule has 1 aromatic heterocycles. The van der Waals surface area contributed by atoms with E-state index in [-0.39, 0.29) is 5.82 Å². The first kappa shape index (κ1) is 6.91. The Morgan fingerprint density at radius 1 is 1.50 bits per heavy atom. The minimum absolute atomic E-state index is 0.271. The number of nitrogens with zero attached hydrogens (tertiary/aromatic N) is 1. The van der Waals surface area contributed by atoms with Gasteiger partial charge in [-0.05, 0) is 0 Å². The molecule has 0 saturated heterocycles. The Labute approximate surface area is 53.6 Å². The second kappa shape index (κ2) is 1.89. The summed E-state index contributed by atoms with van der Waals surface area (Å²) in [7, 11) is 0. The highest BCUT2D eigenvalue weighted by Crippen LogP contribution is 2.28. The van der Waals surface area contributed by atoms with Crippen LogP contribution in [0.2, 0.25) is 0 Å². The molecular weight excluding hydrogens is 149 g/mol. The lowest BCUT2D eigenvalue weighted by atomic mass is 10.6. The highest BCUT2D eigenvalue weighted by Gasteiger charge is 2.36. The van der Waals surface area contributed by atoms with E-state index in [0.29, 0.717) is 0 Å². The van der Waals surface area contributed by atoms with E-state index < -0.39 is 12.1 Å². The molecule has 0 aromatic carbocycles. The summed E-state index contributed by atoms with van der Waals surface area (Å²) in [5.74, 6) is -1.59. The number of halogens is 3. The molecule has 10 heavy (non-hydrogen) atoms. The van der Waals surface area contributed by atoms with Gasteiger partial charge in [0.05, 0.1) is 0 Å². The Morgan fingerprint density at radius 3 is 2.30 bits per heavy atom. The van der Waals surface area contributed by atoms with Gasteiger partial charge in [-0.3, -0.25) is 0 Å². The summed E-state index contributed by atoms with van der Waals surface area (Å²) >= 11 is 0. The van der Waals surface area contributed by atoms with Gasteiger partial charge in [-0.25, -0.2) is 0 Å². The summed E-state index contributed by atoms with van der Waals surface area (Å²) in [6.07, 6.45) is -3.81. The fourth-order valence-electron chi connectivity index (χ4n) is 0.416. The zero-order valence-corrected chi connectivity index (χ0v) is 4.64. The van der Waals surface area contributed by atoms with E-state index in [1.54, 1.807) is 0 Å². The van der Waals surface area contributed by atoms with Crippen LogP contribution in [0.25, 0.3) is 0 Å². The zero-order chi connectivity index (χ0) is 7.78. The molecule has 0 atom stereocenters. The normalized spacial score (nSPS) is 11.9. The van der Waals surface area contributed by atoms with Crippen molar-refractivity contribution in [3.63, 3.8) is 0 Å². The molecule has 1 heterocycles. The fourth-order valence-corrected chi connectivity index (χ4v) is 0.416. The van der Waals surface area contributed by atoms with E-state index in [1.165, 1.54) is 0 Å². The predicted octanol–water partition coefficient (Wildman–Crippen LogP) is 1.28. The van der Waals surface area contributed by atoms with Crippen LogP contribution in [0.5, 0.6) is 0 Å². The van der Waals surface area contributed by atoms with Crippen molar-refractivity contribution >= 4 is 5.82 Å². The highest BCUT2D eigenvalue weighted by atomic mass is 19.4. The second-order valence-corrected chi connectivity index (χ2v) is 1.58. The van der Waals surface area contributed by atoms with E-state index in [1.807, 2.05) is 0 Å². The van der Waals surface area contributed by atoms with Crippen molar-refractivity contribution in [1.29, 1.82) is 0 Å². The van der Waals surface area contributed by atoms with Crippen LogP contribution < -0.4 is 5.73 Å². The lowest BCUT2D eigenvalue weighted by Crippen LogP contribution is -2.05. The summed E-state index contributed by atoms with van der Waals surface area (Å²) in [6, 6.07) is 0. The maximum atomic E-state index is 11.6. The van der Waals surface area contributed by atoms with Crippen LogP contribution in [0.1, 0.15) is 5.89 Å². The van der Waals surface area contributed by atoms with Crippen molar-refractivity contribution in [2.24, 2.45) is 0 Å². The number of hydrogen-bond acceptors (Lipinski definition) is 3. The fraction of sp³-hybridized carbons (Fsp3) is 0.250. The quantitative estimate of drug-likeness (QED) is 0.609. The van der Waals surface area contributed by atoms with Crippen molar-refractivity contribution in [2.45, 2.75) is 6.18 Å². The minimum Gasteiger partial charge on any atom is -0.439 e. The Bertz CT molecular complexity index is 229. The smallest absolute Gasteiger partial charge is 0.439 e. The van der Waals surface area contributed by atoms with Gasteiger partial charge in [0.2, 0.25) is 0 Å². The third-order valence-electron chi connectivity index (χ3n) is 0.764. The van der Waals surface area contributed by atoms with Gasteiger partial charge in [-0.15, -0.1) is 0 Å². The van der Waals surface area contributed by atoms with Gasteiger partial charge in [0, 0.05) is 0 Å². The van der Waals surface area contributed by atoms with Gasteiger partial charge in [0.25, 0.3) is 0 Å². The lowest BCUT2D eigenvalue weighted by molar-refractivity contribution is -0.157. The van der Waals surface area contributed by atoms with Crippen LogP contribution >= 0.6 is 0 Å². The van der Waals surface area contributed by atoms with Crippen molar-refractivity contribution in [3.8, 4) is 0 Å².